The lowest BCUT2D eigenvalue weighted by Gasteiger charge is -2.39. The Morgan fingerprint density at radius 2 is 1.61 bits per heavy atom. The van der Waals surface area contributed by atoms with Gasteiger partial charge in [-0.3, -0.25) is 4.90 Å². The van der Waals surface area contributed by atoms with Crippen molar-refractivity contribution < 1.29 is 28.7 Å². The van der Waals surface area contributed by atoms with E-state index in [0.717, 1.165) is 17.2 Å². The second kappa shape index (κ2) is 10.7. The van der Waals surface area contributed by atoms with E-state index < -0.39 is 23.7 Å². The summed E-state index contributed by atoms with van der Waals surface area (Å²) in [6.07, 6.45) is 1.86. The Kier molecular flexibility index (Phi) is 8.55. The van der Waals surface area contributed by atoms with Crippen LogP contribution in [0.15, 0.2) is 30.4 Å². The highest BCUT2D eigenvalue weighted by Gasteiger charge is 2.38. The van der Waals surface area contributed by atoms with Crippen molar-refractivity contribution in [3.63, 3.8) is 0 Å². The highest BCUT2D eigenvalue weighted by molar-refractivity contribution is 6.34. The van der Waals surface area contributed by atoms with Gasteiger partial charge in [-0.25, -0.2) is 14.4 Å². The number of hydroxylamine groups is 2. The Balaban J connectivity index is 2.24. The molecule has 0 radical (unpaired) electrons. The molecule has 0 bridgehead atoms. The van der Waals surface area contributed by atoms with Crippen LogP contribution in [-0.4, -0.2) is 78.9 Å². The van der Waals surface area contributed by atoms with Crippen molar-refractivity contribution >= 4 is 41.2 Å². The van der Waals surface area contributed by atoms with Gasteiger partial charge in [-0.2, -0.15) is 5.06 Å². The molecule has 0 unspecified atom stereocenters. The van der Waals surface area contributed by atoms with Crippen LogP contribution in [0.2, 0.25) is 10.0 Å². The zero-order valence-electron chi connectivity index (χ0n) is 17.8. The third kappa shape index (κ3) is 7.61. The molecular weight excluding hydrogens is 449 g/mol. The summed E-state index contributed by atoms with van der Waals surface area (Å²) in [5, 5.41) is 1.74. The van der Waals surface area contributed by atoms with E-state index in [4.69, 9.17) is 37.5 Å². The van der Waals surface area contributed by atoms with Crippen LogP contribution < -0.4 is 4.74 Å². The van der Waals surface area contributed by atoms with Gasteiger partial charge in [0.2, 0.25) is 0 Å². The number of urea groups is 1. The van der Waals surface area contributed by atoms with Crippen LogP contribution in [0, 0.1) is 0 Å². The van der Waals surface area contributed by atoms with E-state index >= 15 is 0 Å². The molecule has 0 N–H and O–H groups in total. The van der Waals surface area contributed by atoms with Gasteiger partial charge in [0.25, 0.3) is 0 Å². The molecule has 9 nitrogen and oxygen atoms in total. The number of esters is 1. The molecule has 1 aliphatic heterocycles. The molecule has 0 saturated carbocycles. The van der Waals surface area contributed by atoms with Crippen molar-refractivity contribution in [2.24, 2.45) is 0 Å². The number of hydrogen-bond acceptors (Lipinski definition) is 7. The molecule has 0 spiro atoms. The summed E-state index contributed by atoms with van der Waals surface area (Å²) in [6.45, 7) is 3.71. The van der Waals surface area contributed by atoms with Crippen molar-refractivity contribution in [2.45, 2.75) is 19.6 Å². The van der Waals surface area contributed by atoms with Gasteiger partial charge in [-0.15, -0.1) is 0 Å². The van der Waals surface area contributed by atoms with Gasteiger partial charge in [0.15, 0.2) is 5.72 Å². The molecule has 0 aliphatic carbocycles. The Morgan fingerprint density at radius 1 is 1.00 bits per heavy atom. The molecular formula is C20H25Cl2N3O6. The van der Waals surface area contributed by atoms with Gasteiger partial charge in [0, 0.05) is 28.7 Å². The minimum Gasteiger partial charge on any atom is -0.492 e. The Hall–Kier alpha value is -2.49. The number of carbonyl (C=O) groups excluding carboxylic acids is 3. The number of hydrogen-bond donors (Lipinski definition) is 0. The molecule has 1 aromatic carbocycles. The van der Waals surface area contributed by atoms with Gasteiger partial charge < -0.3 is 19.2 Å². The number of ether oxygens (including phenoxy) is 2. The van der Waals surface area contributed by atoms with Crippen molar-refractivity contribution in [3.05, 3.63) is 40.4 Å². The van der Waals surface area contributed by atoms with Crippen LogP contribution in [0.1, 0.15) is 13.8 Å². The summed E-state index contributed by atoms with van der Waals surface area (Å²) in [6, 6.07) is 4.08. The molecule has 2 rings (SSSR count). The summed E-state index contributed by atoms with van der Waals surface area (Å²) < 4.78 is 11.1. The van der Waals surface area contributed by atoms with Crippen LogP contribution in [0.5, 0.6) is 5.75 Å². The largest absolute Gasteiger partial charge is 0.492 e. The van der Waals surface area contributed by atoms with Crippen LogP contribution in [0.25, 0.3) is 0 Å². The minimum atomic E-state index is -1.35. The predicted octanol–water partition coefficient (Wildman–Crippen LogP) is 2.97. The average Bonchev–Trinajstić information content (AvgIpc) is 2.64. The fourth-order valence-corrected chi connectivity index (χ4v) is 3.18. The van der Waals surface area contributed by atoms with Gasteiger partial charge in [0.05, 0.1) is 13.1 Å². The van der Waals surface area contributed by atoms with Gasteiger partial charge in [-0.1, -0.05) is 23.2 Å². The molecule has 0 saturated heterocycles. The number of rotatable bonds is 7. The lowest BCUT2D eigenvalue weighted by molar-refractivity contribution is -0.187. The Morgan fingerprint density at radius 3 is 2.23 bits per heavy atom. The molecule has 1 aliphatic rings. The first-order valence-corrected chi connectivity index (χ1v) is 10.2. The van der Waals surface area contributed by atoms with Gasteiger partial charge in [-0.05, 0) is 46.1 Å². The van der Waals surface area contributed by atoms with Gasteiger partial charge >= 0.3 is 18.0 Å². The SMILES string of the molecule is CN(C)CCN1OC(=O)/C=C\C(=O)OC(C)(C)N(CCOc2cc(Cl)cc(Cl)c2)C1=O. The van der Waals surface area contributed by atoms with E-state index in [9.17, 15) is 14.4 Å². The maximum absolute atomic E-state index is 13.2. The van der Waals surface area contributed by atoms with Crippen molar-refractivity contribution in [2.75, 3.05) is 40.3 Å². The van der Waals surface area contributed by atoms with Crippen LogP contribution in [-0.2, 0) is 19.2 Å². The highest BCUT2D eigenvalue weighted by Crippen LogP contribution is 2.25. The molecule has 0 atom stereocenters. The number of amides is 2. The van der Waals surface area contributed by atoms with Crippen LogP contribution >= 0.6 is 23.2 Å². The van der Waals surface area contributed by atoms with E-state index in [-0.39, 0.29) is 19.7 Å². The molecule has 1 heterocycles. The fourth-order valence-electron chi connectivity index (χ4n) is 2.68. The average molecular weight is 474 g/mol. The Labute approximate surface area is 191 Å². The number of cyclic esters (lactones) is 1. The van der Waals surface area contributed by atoms with Crippen LogP contribution in [0.4, 0.5) is 4.79 Å². The first-order chi connectivity index (χ1) is 14.5. The maximum atomic E-state index is 13.2. The highest BCUT2D eigenvalue weighted by atomic mass is 35.5. The number of nitrogens with zero attached hydrogens (tertiary/aromatic N) is 3. The van der Waals surface area contributed by atoms with E-state index in [0.29, 0.717) is 22.3 Å². The topological polar surface area (TPSA) is 88.6 Å². The first-order valence-electron chi connectivity index (χ1n) is 9.43. The fraction of sp³-hybridized carbons (Fsp3) is 0.450. The zero-order chi connectivity index (χ0) is 23.2. The van der Waals surface area contributed by atoms with E-state index in [2.05, 4.69) is 0 Å². The quantitative estimate of drug-likeness (QED) is 0.562. The van der Waals surface area contributed by atoms with E-state index in [1.807, 2.05) is 19.0 Å². The number of benzene rings is 1. The zero-order valence-corrected chi connectivity index (χ0v) is 19.3. The summed E-state index contributed by atoms with van der Waals surface area (Å²) >= 11 is 12.0. The van der Waals surface area contributed by atoms with Crippen LogP contribution in [0.3, 0.4) is 0 Å². The Bertz CT molecular complexity index is 839. The summed E-state index contributed by atoms with van der Waals surface area (Å²) in [5.74, 6) is -1.24. The maximum Gasteiger partial charge on any atom is 0.356 e. The van der Waals surface area contributed by atoms with E-state index in [1.54, 1.807) is 32.0 Å². The number of likely N-dealkylation sites (N-methyl/N-ethyl adjacent to an activating group) is 1. The van der Waals surface area contributed by atoms with E-state index in [1.165, 1.54) is 4.90 Å². The van der Waals surface area contributed by atoms with Crippen molar-refractivity contribution in [1.82, 2.24) is 14.9 Å². The molecule has 11 heteroatoms. The smallest absolute Gasteiger partial charge is 0.356 e. The summed E-state index contributed by atoms with van der Waals surface area (Å²) in [4.78, 5) is 45.5. The second-order valence-electron chi connectivity index (χ2n) is 7.40. The first kappa shape index (κ1) is 24.8. The molecule has 31 heavy (non-hydrogen) atoms. The lowest BCUT2D eigenvalue weighted by Crippen LogP contribution is -2.57. The van der Waals surface area contributed by atoms with Crippen molar-refractivity contribution in [3.8, 4) is 5.75 Å². The predicted molar refractivity (Wildman–Crippen MR) is 115 cm³/mol. The third-order valence-electron chi connectivity index (χ3n) is 4.17. The van der Waals surface area contributed by atoms with Crippen molar-refractivity contribution in [1.29, 1.82) is 0 Å². The normalized spacial score (nSPS) is 18.0. The molecule has 1 aromatic rings. The summed E-state index contributed by atoms with van der Waals surface area (Å²) in [5.41, 5.74) is -1.35. The second-order valence-corrected chi connectivity index (χ2v) is 8.28. The monoisotopic (exact) mass is 473 g/mol. The summed E-state index contributed by atoms with van der Waals surface area (Å²) in [7, 11) is 3.64. The number of halogens is 2. The molecule has 170 valence electrons. The molecule has 2 amide bonds. The molecule has 0 fully saturated rings. The number of carbonyl (C=O) groups is 3. The third-order valence-corrected chi connectivity index (χ3v) is 4.61. The molecule has 0 aromatic heterocycles. The van der Waals surface area contributed by atoms with Gasteiger partial charge in [0.1, 0.15) is 12.4 Å². The minimum absolute atomic E-state index is 0.0168. The lowest BCUT2D eigenvalue weighted by atomic mass is 10.2. The standard InChI is InChI=1S/C20H25Cl2N3O6/c1-20(2)24(9-10-29-16-12-14(21)11-15(22)13-16)19(28)25(8-7-23(3)4)31-18(27)6-5-17(26)30-20/h5-6,11-13H,7-10H2,1-4H3/b6-5-.